The lowest BCUT2D eigenvalue weighted by Crippen LogP contribution is -2.72. The first-order valence-electron chi connectivity index (χ1n) is 4.33. The summed E-state index contributed by atoms with van der Waals surface area (Å²) >= 11 is 1.46. The smallest absolute Gasteiger partial charge is 0.346 e. The largest absolute Gasteiger partial charge is 0.478 e. The van der Waals surface area contributed by atoms with Crippen molar-refractivity contribution in [3.8, 4) is 0 Å². The van der Waals surface area contributed by atoms with E-state index in [1.165, 1.54) is 16.7 Å². The van der Waals surface area contributed by atoms with E-state index in [-0.39, 0.29) is 11.3 Å². The van der Waals surface area contributed by atoms with Crippen LogP contribution in [0.2, 0.25) is 0 Å². The topological polar surface area (TPSA) is 83.6 Å². The van der Waals surface area contributed by atoms with Gasteiger partial charge in [0.1, 0.15) is 0 Å². The fourth-order valence-electron chi connectivity index (χ4n) is 1.99. The van der Waals surface area contributed by atoms with E-state index in [1.54, 1.807) is 13.8 Å². The van der Waals surface area contributed by atoms with Crippen LogP contribution in [0.1, 0.15) is 20.3 Å². The molecule has 6 heteroatoms. The number of aliphatic carboxylic acids is 1. The van der Waals surface area contributed by atoms with Crippen molar-refractivity contribution in [1.29, 1.82) is 0 Å². The summed E-state index contributed by atoms with van der Waals surface area (Å²) in [5, 5.41) is 9.06. The number of carbonyl (C=O) groups excluding carboxylic acids is 1. The first-order valence-corrected chi connectivity index (χ1v) is 5.21. The molecule has 2 saturated heterocycles. The molecule has 2 aliphatic heterocycles. The van der Waals surface area contributed by atoms with Gasteiger partial charge in [-0.25, -0.2) is 4.79 Å². The van der Waals surface area contributed by atoms with Gasteiger partial charge in [-0.05, 0) is 13.8 Å². The number of thioether (sulfide) groups is 1. The minimum absolute atomic E-state index is 0.0569. The number of carboxylic acid groups (broad SMARTS) is 1. The van der Waals surface area contributed by atoms with Crippen LogP contribution in [0.5, 0.6) is 0 Å². The van der Waals surface area contributed by atoms with E-state index in [2.05, 4.69) is 0 Å². The second-order valence-electron chi connectivity index (χ2n) is 4.12. The van der Waals surface area contributed by atoms with Gasteiger partial charge in [0.25, 0.3) is 0 Å². The molecule has 78 valence electrons. The maximum absolute atomic E-state index is 11.3. The average Bonchev–Trinajstić information content (AvgIpc) is 2.16. The molecule has 0 aromatic rings. The van der Waals surface area contributed by atoms with Gasteiger partial charge < -0.3 is 10.0 Å². The second kappa shape index (κ2) is 2.43. The Morgan fingerprint density at radius 1 is 1.71 bits per heavy atom. The molecule has 2 fully saturated rings. The number of carboxylic acids is 1. The lowest BCUT2D eigenvalue weighted by atomic mass is 9.91. The molecule has 1 amide bonds. The molecule has 0 aromatic heterocycles. The molecule has 14 heavy (non-hydrogen) atoms. The fraction of sp³-hybridized carbons (Fsp3) is 0.750. The van der Waals surface area contributed by atoms with E-state index in [4.69, 9.17) is 10.8 Å². The summed E-state index contributed by atoms with van der Waals surface area (Å²) in [5.41, 5.74) is 4.28. The highest BCUT2D eigenvalue weighted by molar-refractivity contribution is 8.01. The number of nitrogens with two attached hydrogens (primary N) is 1. The van der Waals surface area contributed by atoms with Crippen LogP contribution in [0, 0.1) is 0 Å². The molecule has 0 aliphatic carbocycles. The summed E-state index contributed by atoms with van der Waals surface area (Å²) in [6, 6.07) is 0. The molecule has 2 heterocycles. The Morgan fingerprint density at radius 3 is 2.64 bits per heavy atom. The van der Waals surface area contributed by atoms with Crippen molar-refractivity contribution < 1.29 is 14.7 Å². The van der Waals surface area contributed by atoms with Crippen LogP contribution in [-0.4, -0.2) is 37.7 Å². The number of nitrogens with zero attached hydrogens (tertiary/aromatic N) is 1. The van der Waals surface area contributed by atoms with Crippen LogP contribution in [0.15, 0.2) is 0 Å². The highest BCUT2D eigenvalue weighted by Crippen LogP contribution is 2.54. The Bertz CT molecular complexity index is 331. The molecule has 0 spiro atoms. The van der Waals surface area contributed by atoms with Gasteiger partial charge in [-0.2, -0.15) is 0 Å². The Balaban J connectivity index is 2.45. The van der Waals surface area contributed by atoms with Gasteiger partial charge in [0.05, 0.1) is 16.5 Å². The number of fused-ring (bicyclic) bond motifs is 1. The first-order chi connectivity index (χ1) is 6.30. The zero-order valence-corrected chi connectivity index (χ0v) is 8.80. The SMILES string of the molecule is CC1(C)S[C@@H]2CC(=O)N2C1(N)C(=O)O. The Morgan fingerprint density at radius 2 is 2.29 bits per heavy atom. The monoisotopic (exact) mass is 216 g/mol. The summed E-state index contributed by atoms with van der Waals surface area (Å²) < 4.78 is -0.643. The van der Waals surface area contributed by atoms with Crippen molar-refractivity contribution in [2.75, 3.05) is 0 Å². The standard InChI is InChI=1S/C8H12N2O3S/c1-7(2)8(9,6(12)13)10-4(11)3-5(10)14-7/h5H,3,9H2,1-2H3,(H,12,13)/t5-,8?/m1/s1. The van der Waals surface area contributed by atoms with E-state index < -0.39 is 16.4 Å². The molecule has 5 nitrogen and oxygen atoms in total. The predicted molar refractivity (Wildman–Crippen MR) is 51.5 cm³/mol. The average molecular weight is 216 g/mol. The van der Waals surface area contributed by atoms with E-state index in [0.29, 0.717) is 6.42 Å². The number of amides is 1. The highest BCUT2D eigenvalue weighted by atomic mass is 32.2. The van der Waals surface area contributed by atoms with Gasteiger partial charge in [0, 0.05) is 0 Å². The summed E-state index contributed by atoms with van der Waals surface area (Å²) in [6.45, 7) is 3.52. The number of hydrogen-bond acceptors (Lipinski definition) is 4. The van der Waals surface area contributed by atoms with Gasteiger partial charge >= 0.3 is 5.97 Å². The van der Waals surface area contributed by atoms with Gasteiger partial charge in [-0.15, -0.1) is 11.8 Å². The van der Waals surface area contributed by atoms with E-state index >= 15 is 0 Å². The van der Waals surface area contributed by atoms with Crippen LogP contribution in [0.25, 0.3) is 0 Å². The van der Waals surface area contributed by atoms with Gasteiger partial charge in [0.2, 0.25) is 11.6 Å². The van der Waals surface area contributed by atoms with Crippen molar-refractivity contribution >= 4 is 23.6 Å². The molecule has 0 saturated carbocycles. The van der Waals surface area contributed by atoms with E-state index in [9.17, 15) is 9.59 Å². The molecule has 2 rings (SSSR count). The summed E-state index contributed by atoms with van der Waals surface area (Å²) in [4.78, 5) is 23.7. The molecule has 2 atom stereocenters. The number of carbonyl (C=O) groups is 2. The quantitative estimate of drug-likeness (QED) is 0.593. The number of rotatable bonds is 1. The molecule has 2 aliphatic rings. The molecule has 1 unspecified atom stereocenters. The van der Waals surface area contributed by atoms with Crippen molar-refractivity contribution in [1.82, 2.24) is 4.90 Å². The summed E-state index contributed by atoms with van der Waals surface area (Å²) in [6.07, 6.45) is 0.403. The Kier molecular flexibility index (Phi) is 1.70. The van der Waals surface area contributed by atoms with E-state index in [0.717, 1.165) is 0 Å². The second-order valence-corrected chi connectivity index (χ2v) is 5.92. The van der Waals surface area contributed by atoms with Crippen molar-refractivity contribution in [3.05, 3.63) is 0 Å². The lowest BCUT2D eigenvalue weighted by Gasteiger charge is -2.43. The Labute approximate surface area is 85.6 Å². The predicted octanol–water partition coefficient (Wildman–Crippen LogP) is -0.190. The molecule has 0 bridgehead atoms. The number of hydrogen-bond donors (Lipinski definition) is 2. The van der Waals surface area contributed by atoms with Gasteiger partial charge in [0.15, 0.2) is 0 Å². The van der Waals surface area contributed by atoms with Crippen LogP contribution < -0.4 is 5.73 Å². The third-order valence-corrected chi connectivity index (χ3v) is 4.51. The van der Waals surface area contributed by atoms with Crippen molar-refractivity contribution in [2.45, 2.75) is 36.1 Å². The van der Waals surface area contributed by atoms with Gasteiger partial charge in [-0.1, -0.05) is 0 Å². The third kappa shape index (κ3) is 0.852. The zero-order chi connectivity index (χ0) is 10.7. The maximum atomic E-state index is 11.3. The lowest BCUT2D eigenvalue weighted by molar-refractivity contribution is -0.167. The van der Waals surface area contributed by atoms with Crippen molar-refractivity contribution in [2.24, 2.45) is 5.73 Å². The van der Waals surface area contributed by atoms with Crippen molar-refractivity contribution in [3.63, 3.8) is 0 Å². The minimum atomic E-state index is -1.56. The van der Waals surface area contributed by atoms with Gasteiger partial charge in [-0.3, -0.25) is 10.5 Å². The minimum Gasteiger partial charge on any atom is -0.478 e. The molecular formula is C8H12N2O3S. The molecule has 0 aromatic carbocycles. The van der Waals surface area contributed by atoms with E-state index in [1.807, 2.05) is 0 Å². The molecular weight excluding hydrogens is 204 g/mol. The zero-order valence-electron chi connectivity index (χ0n) is 7.98. The number of β-lactam (4-membered cyclic amide) rings is 1. The van der Waals surface area contributed by atoms with Crippen LogP contribution in [-0.2, 0) is 9.59 Å². The molecule has 0 radical (unpaired) electrons. The first kappa shape index (κ1) is 9.79. The summed E-state index contributed by atoms with van der Waals surface area (Å²) in [7, 11) is 0. The normalized spacial score (nSPS) is 39.2. The summed E-state index contributed by atoms with van der Waals surface area (Å²) in [5.74, 6) is -1.30. The fourth-order valence-corrected chi connectivity index (χ4v) is 3.65. The van der Waals surface area contributed by atoms with Crippen LogP contribution in [0.3, 0.4) is 0 Å². The Hall–Kier alpha value is -0.750. The molecule has 3 N–H and O–H groups in total. The third-order valence-electron chi connectivity index (χ3n) is 2.96. The maximum Gasteiger partial charge on any atom is 0.346 e. The van der Waals surface area contributed by atoms with Crippen LogP contribution >= 0.6 is 11.8 Å². The van der Waals surface area contributed by atoms with Crippen LogP contribution in [0.4, 0.5) is 0 Å². The highest BCUT2D eigenvalue weighted by Gasteiger charge is 2.67.